The van der Waals surface area contributed by atoms with E-state index >= 15 is 0 Å². The fourth-order valence-corrected chi connectivity index (χ4v) is 3.01. The SMILES string of the molecule is COCCCNC(=O)c1ccc(NS(=O)(=O)C=Cc2ccccc2)cc1. The number of nitrogens with one attached hydrogen (secondary N) is 2. The highest BCUT2D eigenvalue weighted by Crippen LogP contribution is 2.13. The van der Waals surface area contributed by atoms with Crippen LogP contribution in [0.25, 0.3) is 6.08 Å². The van der Waals surface area contributed by atoms with E-state index in [1.165, 1.54) is 6.08 Å². The summed E-state index contributed by atoms with van der Waals surface area (Å²) in [7, 11) is -2.02. The molecule has 0 saturated carbocycles. The molecule has 7 heteroatoms. The molecule has 0 heterocycles. The van der Waals surface area contributed by atoms with Crippen LogP contribution < -0.4 is 10.0 Å². The highest BCUT2D eigenvalue weighted by atomic mass is 32.2. The lowest BCUT2D eigenvalue weighted by Gasteiger charge is -2.07. The maximum Gasteiger partial charge on any atom is 0.255 e. The van der Waals surface area contributed by atoms with E-state index in [2.05, 4.69) is 10.0 Å². The molecule has 6 nitrogen and oxygen atoms in total. The summed E-state index contributed by atoms with van der Waals surface area (Å²) in [6, 6.07) is 15.4. The molecule has 26 heavy (non-hydrogen) atoms. The van der Waals surface area contributed by atoms with Crippen molar-refractivity contribution in [2.75, 3.05) is 25.0 Å². The van der Waals surface area contributed by atoms with Gasteiger partial charge in [0.05, 0.1) is 5.41 Å². The van der Waals surface area contributed by atoms with Crippen LogP contribution in [-0.2, 0) is 14.8 Å². The highest BCUT2D eigenvalue weighted by Gasteiger charge is 2.08. The lowest BCUT2D eigenvalue weighted by atomic mass is 10.2. The number of sulfonamides is 1. The maximum absolute atomic E-state index is 12.1. The van der Waals surface area contributed by atoms with Gasteiger partial charge in [0.1, 0.15) is 0 Å². The molecule has 0 aliphatic carbocycles. The monoisotopic (exact) mass is 374 g/mol. The van der Waals surface area contributed by atoms with E-state index in [1.54, 1.807) is 31.4 Å². The Bertz CT molecular complexity index is 832. The van der Waals surface area contributed by atoms with Crippen LogP contribution in [0.1, 0.15) is 22.3 Å². The number of rotatable bonds is 9. The average Bonchev–Trinajstić information content (AvgIpc) is 2.65. The minimum absolute atomic E-state index is 0.209. The minimum Gasteiger partial charge on any atom is -0.385 e. The number of carbonyl (C=O) groups excluding carboxylic acids is 1. The lowest BCUT2D eigenvalue weighted by Crippen LogP contribution is -2.25. The second-order valence-corrected chi connectivity index (χ2v) is 7.11. The van der Waals surface area contributed by atoms with Crippen molar-refractivity contribution in [2.24, 2.45) is 0 Å². The molecule has 0 aliphatic rings. The van der Waals surface area contributed by atoms with Gasteiger partial charge in [0.15, 0.2) is 0 Å². The molecule has 0 unspecified atom stereocenters. The first-order valence-electron chi connectivity index (χ1n) is 8.13. The number of ether oxygens (including phenoxy) is 1. The van der Waals surface area contributed by atoms with Crippen molar-refractivity contribution in [2.45, 2.75) is 6.42 Å². The van der Waals surface area contributed by atoms with Gasteiger partial charge >= 0.3 is 0 Å². The van der Waals surface area contributed by atoms with Crippen LogP contribution in [0.5, 0.6) is 0 Å². The topological polar surface area (TPSA) is 84.5 Å². The van der Waals surface area contributed by atoms with E-state index in [0.29, 0.717) is 24.4 Å². The molecule has 2 N–H and O–H groups in total. The van der Waals surface area contributed by atoms with E-state index in [9.17, 15) is 13.2 Å². The molecule has 0 aromatic heterocycles. The zero-order chi connectivity index (χ0) is 18.8. The summed E-state index contributed by atoms with van der Waals surface area (Å²) in [6.07, 6.45) is 2.25. The molecule has 2 rings (SSSR count). The molecule has 1 amide bonds. The summed E-state index contributed by atoms with van der Waals surface area (Å²) in [5.41, 5.74) is 1.64. The molecule has 0 aliphatic heterocycles. The van der Waals surface area contributed by atoms with E-state index < -0.39 is 10.0 Å². The van der Waals surface area contributed by atoms with Gasteiger partial charge in [-0.3, -0.25) is 9.52 Å². The van der Waals surface area contributed by atoms with Crippen molar-refractivity contribution in [3.8, 4) is 0 Å². The molecule has 0 radical (unpaired) electrons. The van der Waals surface area contributed by atoms with Crippen LogP contribution in [0.15, 0.2) is 60.0 Å². The maximum atomic E-state index is 12.1. The van der Waals surface area contributed by atoms with Crippen molar-refractivity contribution < 1.29 is 17.9 Å². The van der Waals surface area contributed by atoms with Gasteiger partial charge in [-0.25, -0.2) is 8.42 Å². The first-order chi connectivity index (χ1) is 12.5. The summed E-state index contributed by atoms with van der Waals surface area (Å²) in [5.74, 6) is -0.209. The Balaban J connectivity index is 1.93. The number of methoxy groups -OCH3 is 1. The zero-order valence-electron chi connectivity index (χ0n) is 14.5. The second kappa shape index (κ2) is 9.74. The number of benzene rings is 2. The quantitative estimate of drug-likeness (QED) is 0.661. The van der Waals surface area contributed by atoms with Crippen LogP contribution in [0.2, 0.25) is 0 Å². The first kappa shape index (κ1) is 19.7. The first-order valence-corrected chi connectivity index (χ1v) is 9.68. The molecule has 0 bridgehead atoms. The van der Waals surface area contributed by atoms with Gasteiger partial charge in [0.25, 0.3) is 15.9 Å². The Hall–Kier alpha value is -2.64. The summed E-state index contributed by atoms with van der Waals surface area (Å²) >= 11 is 0. The molecule has 2 aromatic carbocycles. The molecular weight excluding hydrogens is 352 g/mol. The Labute approximate surface area is 153 Å². The summed E-state index contributed by atoms with van der Waals surface area (Å²) < 4.78 is 31.6. The number of hydrogen-bond donors (Lipinski definition) is 2. The third-order valence-electron chi connectivity index (χ3n) is 3.46. The summed E-state index contributed by atoms with van der Waals surface area (Å²) in [4.78, 5) is 12.0. The molecule has 0 saturated heterocycles. The van der Waals surface area contributed by atoms with Crippen molar-refractivity contribution in [1.29, 1.82) is 0 Å². The molecule has 0 fully saturated rings. The predicted molar refractivity (Wildman–Crippen MR) is 103 cm³/mol. The van der Waals surface area contributed by atoms with Gasteiger partial charge in [0, 0.05) is 31.5 Å². The van der Waals surface area contributed by atoms with Gasteiger partial charge in [-0.2, -0.15) is 0 Å². The third kappa shape index (κ3) is 6.70. The molecule has 2 aromatic rings. The standard InChI is InChI=1S/C19H22N2O4S/c1-25-14-5-13-20-19(22)17-8-10-18(11-9-17)21-26(23,24)15-12-16-6-3-2-4-7-16/h2-4,6-12,15,21H,5,13-14H2,1H3,(H,20,22). The Kier molecular flexibility index (Phi) is 7.37. The zero-order valence-corrected chi connectivity index (χ0v) is 15.3. The van der Waals surface area contributed by atoms with Gasteiger partial charge in [-0.05, 0) is 42.3 Å². The Morgan fingerprint density at radius 1 is 1.08 bits per heavy atom. The van der Waals surface area contributed by atoms with Crippen molar-refractivity contribution in [3.05, 3.63) is 71.1 Å². The fraction of sp³-hybridized carbons (Fsp3) is 0.211. The molecule has 0 spiro atoms. The van der Waals surface area contributed by atoms with Crippen LogP contribution in [0.3, 0.4) is 0 Å². The molecule has 0 atom stereocenters. The van der Waals surface area contributed by atoms with E-state index in [0.717, 1.165) is 17.4 Å². The largest absolute Gasteiger partial charge is 0.385 e. The Morgan fingerprint density at radius 3 is 2.42 bits per heavy atom. The molecule has 138 valence electrons. The number of anilines is 1. The summed E-state index contributed by atoms with van der Waals surface area (Å²) in [6.45, 7) is 1.10. The van der Waals surface area contributed by atoms with Gasteiger partial charge < -0.3 is 10.1 Å². The van der Waals surface area contributed by atoms with Crippen LogP contribution in [0.4, 0.5) is 5.69 Å². The number of hydrogen-bond acceptors (Lipinski definition) is 4. The van der Waals surface area contributed by atoms with Crippen molar-refractivity contribution in [3.63, 3.8) is 0 Å². The van der Waals surface area contributed by atoms with Crippen molar-refractivity contribution in [1.82, 2.24) is 5.32 Å². The molecular formula is C19H22N2O4S. The third-order valence-corrected chi connectivity index (χ3v) is 4.47. The van der Waals surface area contributed by atoms with Crippen molar-refractivity contribution >= 4 is 27.7 Å². The number of carbonyl (C=O) groups is 1. The van der Waals surface area contributed by atoms with Crippen LogP contribution in [0, 0.1) is 0 Å². The van der Waals surface area contributed by atoms with Gasteiger partial charge in [-0.15, -0.1) is 0 Å². The minimum atomic E-state index is -3.63. The van der Waals surface area contributed by atoms with Crippen LogP contribution in [-0.4, -0.2) is 34.6 Å². The summed E-state index contributed by atoms with van der Waals surface area (Å²) in [5, 5.41) is 3.88. The smallest absolute Gasteiger partial charge is 0.255 e. The van der Waals surface area contributed by atoms with Gasteiger partial charge in [0.2, 0.25) is 0 Å². The van der Waals surface area contributed by atoms with E-state index in [1.807, 2.05) is 30.3 Å². The number of amides is 1. The normalized spacial score (nSPS) is 11.4. The second-order valence-electron chi connectivity index (χ2n) is 5.54. The van der Waals surface area contributed by atoms with Crippen LogP contribution >= 0.6 is 0 Å². The predicted octanol–water partition coefficient (Wildman–Crippen LogP) is 2.87. The van der Waals surface area contributed by atoms with Gasteiger partial charge in [-0.1, -0.05) is 30.3 Å². The Morgan fingerprint density at radius 2 is 1.77 bits per heavy atom. The average molecular weight is 374 g/mol. The van der Waals surface area contributed by atoms with E-state index in [-0.39, 0.29) is 5.91 Å². The highest BCUT2D eigenvalue weighted by molar-refractivity contribution is 7.95. The van der Waals surface area contributed by atoms with E-state index in [4.69, 9.17) is 4.74 Å². The fourth-order valence-electron chi connectivity index (χ4n) is 2.14. The lowest BCUT2D eigenvalue weighted by molar-refractivity contribution is 0.0948.